The molecule has 2 nitrogen and oxygen atoms in total. The predicted octanol–water partition coefficient (Wildman–Crippen LogP) is 4.12. The van der Waals surface area contributed by atoms with Gasteiger partial charge in [0.15, 0.2) is 0 Å². The fourth-order valence-corrected chi connectivity index (χ4v) is 2.72. The molecule has 1 amide bonds. The van der Waals surface area contributed by atoms with Gasteiger partial charge in [-0.15, -0.1) is 0 Å². The summed E-state index contributed by atoms with van der Waals surface area (Å²) in [5.74, 6) is 0.0885. The predicted molar refractivity (Wildman–Crippen MR) is 80.1 cm³/mol. The number of anilines is 1. The summed E-state index contributed by atoms with van der Waals surface area (Å²) < 4.78 is 0.909. The van der Waals surface area contributed by atoms with Gasteiger partial charge in [0.1, 0.15) is 0 Å². The Kier molecular flexibility index (Phi) is 3.15. The number of carbonyl (C=O) groups excluding carboxylic acids is 1. The first kappa shape index (κ1) is 12.4. The standard InChI is InChI=1S/C16H14BrNO/c17-13-8-4-5-9-14(13)18-15(19)16(10-11-16)12-6-2-1-3-7-12/h1-9H,10-11H2,(H,18,19). The van der Waals surface area contributed by atoms with Crippen molar-refractivity contribution in [2.24, 2.45) is 0 Å². The van der Waals surface area contributed by atoms with E-state index in [-0.39, 0.29) is 11.3 Å². The van der Waals surface area contributed by atoms with Gasteiger partial charge in [0.2, 0.25) is 5.91 Å². The minimum Gasteiger partial charge on any atom is -0.324 e. The molecule has 0 radical (unpaired) electrons. The maximum absolute atomic E-state index is 12.5. The number of rotatable bonds is 3. The van der Waals surface area contributed by atoms with Crippen LogP contribution >= 0.6 is 15.9 Å². The molecular weight excluding hydrogens is 302 g/mol. The lowest BCUT2D eigenvalue weighted by Gasteiger charge is -2.16. The van der Waals surface area contributed by atoms with Crippen molar-refractivity contribution < 1.29 is 4.79 Å². The third-order valence-electron chi connectivity index (χ3n) is 3.63. The van der Waals surface area contributed by atoms with Crippen LogP contribution < -0.4 is 5.32 Å². The molecule has 0 spiro atoms. The molecule has 2 aromatic carbocycles. The topological polar surface area (TPSA) is 29.1 Å². The van der Waals surface area contributed by atoms with Crippen molar-refractivity contribution in [1.29, 1.82) is 0 Å². The fraction of sp³-hybridized carbons (Fsp3) is 0.188. The number of para-hydroxylation sites is 1. The van der Waals surface area contributed by atoms with Crippen LogP contribution in [-0.2, 0) is 10.2 Å². The molecule has 3 rings (SSSR count). The first-order chi connectivity index (χ1) is 9.22. The van der Waals surface area contributed by atoms with Crippen molar-refractivity contribution in [1.82, 2.24) is 0 Å². The quantitative estimate of drug-likeness (QED) is 0.907. The summed E-state index contributed by atoms with van der Waals surface area (Å²) in [7, 11) is 0. The molecule has 1 fully saturated rings. The molecule has 0 atom stereocenters. The second-order valence-corrected chi connectivity index (χ2v) is 5.74. The van der Waals surface area contributed by atoms with Crippen molar-refractivity contribution in [3.63, 3.8) is 0 Å². The summed E-state index contributed by atoms with van der Waals surface area (Å²) in [6, 6.07) is 17.7. The van der Waals surface area contributed by atoms with E-state index in [1.807, 2.05) is 54.6 Å². The molecule has 1 aliphatic carbocycles. The average molecular weight is 316 g/mol. The maximum atomic E-state index is 12.5. The SMILES string of the molecule is O=C(Nc1ccccc1Br)C1(c2ccccc2)CC1. The van der Waals surface area contributed by atoms with Gasteiger partial charge in [-0.1, -0.05) is 42.5 Å². The van der Waals surface area contributed by atoms with Gasteiger partial charge >= 0.3 is 0 Å². The molecule has 0 bridgehead atoms. The van der Waals surface area contributed by atoms with E-state index in [1.54, 1.807) is 0 Å². The first-order valence-electron chi connectivity index (χ1n) is 6.34. The maximum Gasteiger partial charge on any atom is 0.235 e. The first-order valence-corrected chi connectivity index (χ1v) is 7.13. The molecule has 0 aliphatic heterocycles. The lowest BCUT2D eigenvalue weighted by molar-refractivity contribution is -0.118. The minimum atomic E-state index is -0.323. The summed E-state index contributed by atoms with van der Waals surface area (Å²) in [6.07, 6.45) is 1.85. The van der Waals surface area contributed by atoms with Crippen LogP contribution in [0, 0.1) is 0 Å². The molecule has 19 heavy (non-hydrogen) atoms. The van der Waals surface area contributed by atoms with Crippen LogP contribution in [-0.4, -0.2) is 5.91 Å². The van der Waals surface area contributed by atoms with Gasteiger partial charge in [-0.05, 0) is 46.5 Å². The van der Waals surface area contributed by atoms with E-state index in [4.69, 9.17) is 0 Å². The van der Waals surface area contributed by atoms with Crippen molar-refractivity contribution in [3.05, 3.63) is 64.6 Å². The van der Waals surface area contributed by atoms with Crippen LogP contribution in [0.15, 0.2) is 59.1 Å². The van der Waals surface area contributed by atoms with Gasteiger partial charge in [0, 0.05) is 4.47 Å². The molecule has 0 saturated heterocycles. The monoisotopic (exact) mass is 315 g/mol. The highest BCUT2D eigenvalue weighted by molar-refractivity contribution is 9.10. The third-order valence-corrected chi connectivity index (χ3v) is 4.32. The number of nitrogens with one attached hydrogen (secondary N) is 1. The second-order valence-electron chi connectivity index (χ2n) is 4.88. The molecule has 3 heteroatoms. The number of halogens is 1. The van der Waals surface area contributed by atoms with E-state index in [0.29, 0.717) is 0 Å². The van der Waals surface area contributed by atoms with Crippen LogP contribution in [0.1, 0.15) is 18.4 Å². The summed E-state index contributed by atoms with van der Waals surface area (Å²) in [6.45, 7) is 0. The molecule has 0 heterocycles. The van der Waals surface area contributed by atoms with E-state index in [0.717, 1.165) is 28.6 Å². The van der Waals surface area contributed by atoms with Crippen LogP contribution in [0.3, 0.4) is 0 Å². The normalized spacial score (nSPS) is 15.8. The number of benzene rings is 2. The molecule has 96 valence electrons. The summed E-state index contributed by atoms with van der Waals surface area (Å²) in [5.41, 5.74) is 1.62. The van der Waals surface area contributed by atoms with Gasteiger partial charge in [0.25, 0.3) is 0 Å². The van der Waals surface area contributed by atoms with Gasteiger partial charge in [-0.3, -0.25) is 4.79 Å². The molecule has 1 N–H and O–H groups in total. The van der Waals surface area contributed by atoms with Crippen molar-refractivity contribution in [2.75, 3.05) is 5.32 Å². The highest BCUT2D eigenvalue weighted by Crippen LogP contribution is 2.49. The summed E-state index contributed by atoms with van der Waals surface area (Å²) in [4.78, 5) is 12.5. The number of hydrogen-bond acceptors (Lipinski definition) is 1. The van der Waals surface area contributed by atoms with Gasteiger partial charge in [-0.25, -0.2) is 0 Å². The highest BCUT2D eigenvalue weighted by Gasteiger charge is 2.51. The van der Waals surface area contributed by atoms with Gasteiger partial charge in [0.05, 0.1) is 11.1 Å². The van der Waals surface area contributed by atoms with E-state index in [1.165, 1.54) is 0 Å². The van der Waals surface area contributed by atoms with Crippen molar-refractivity contribution >= 4 is 27.5 Å². The van der Waals surface area contributed by atoms with Crippen molar-refractivity contribution in [2.45, 2.75) is 18.3 Å². The van der Waals surface area contributed by atoms with E-state index >= 15 is 0 Å². The minimum absolute atomic E-state index is 0.0885. The Labute approximate surface area is 121 Å². The summed E-state index contributed by atoms with van der Waals surface area (Å²) in [5, 5.41) is 3.03. The van der Waals surface area contributed by atoms with Gasteiger partial charge in [-0.2, -0.15) is 0 Å². The lowest BCUT2D eigenvalue weighted by atomic mass is 9.95. The Morgan fingerprint density at radius 2 is 1.63 bits per heavy atom. The number of hydrogen-bond donors (Lipinski definition) is 1. The Balaban J connectivity index is 1.84. The van der Waals surface area contributed by atoms with Crippen molar-refractivity contribution in [3.8, 4) is 0 Å². The zero-order chi connectivity index (χ0) is 13.3. The largest absolute Gasteiger partial charge is 0.324 e. The van der Waals surface area contributed by atoms with E-state index < -0.39 is 0 Å². The molecule has 2 aromatic rings. The van der Waals surface area contributed by atoms with Crippen LogP contribution in [0.5, 0.6) is 0 Å². The van der Waals surface area contributed by atoms with Gasteiger partial charge < -0.3 is 5.32 Å². The zero-order valence-electron chi connectivity index (χ0n) is 10.4. The Hall–Kier alpha value is -1.61. The summed E-state index contributed by atoms with van der Waals surface area (Å²) >= 11 is 3.45. The molecule has 0 unspecified atom stereocenters. The van der Waals surface area contributed by atoms with Crippen LogP contribution in [0.2, 0.25) is 0 Å². The third kappa shape index (κ3) is 2.30. The Morgan fingerprint density at radius 1 is 1.00 bits per heavy atom. The molecule has 1 aliphatic rings. The van der Waals surface area contributed by atoms with Crippen LogP contribution in [0.25, 0.3) is 0 Å². The Bertz CT molecular complexity index is 605. The Morgan fingerprint density at radius 3 is 2.26 bits per heavy atom. The molecule has 1 saturated carbocycles. The van der Waals surface area contributed by atoms with Crippen LogP contribution in [0.4, 0.5) is 5.69 Å². The highest BCUT2D eigenvalue weighted by atomic mass is 79.9. The number of carbonyl (C=O) groups is 1. The zero-order valence-corrected chi connectivity index (χ0v) is 12.0. The second kappa shape index (κ2) is 4.82. The smallest absolute Gasteiger partial charge is 0.235 e. The van der Waals surface area contributed by atoms with E-state index in [9.17, 15) is 4.79 Å². The van der Waals surface area contributed by atoms with E-state index in [2.05, 4.69) is 21.2 Å². The molecule has 0 aromatic heterocycles. The average Bonchev–Trinajstić information content (AvgIpc) is 3.24. The molecular formula is C16H14BrNO. The lowest BCUT2D eigenvalue weighted by Crippen LogP contribution is -2.27. The number of amides is 1. The fourth-order valence-electron chi connectivity index (χ4n) is 2.33.